The molecule has 0 radical (unpaired) electrons. The lowest BCUT2D eigenvalue weighted by Gasteiger charge is -2.10. The first-order valence-electron chi connectivity index (χ1n) is 5.98. The van der Waals surface area contributed by atoms with Crippen LogP contribution >= 0.6 is 11.8 Å². The van der Waals surface area contributed by atoms with Crippen LogP contribution in [0.3, 0.4) is 0 Å². The normalized spacial score (nSPS) is 10.5. The van der Waals surface area contributed by atoms with Gasteiger partial charge in [-0.1, -0.05) is 6.42 Å². The summed E-state index contributed by atoms with van der Waals surface area (Å²) in [7, 11) is 0. The summed E-state index contributed by atoms with van der Waals surface area (Å²) in [6, 6.07) is 0. The van der Waals surface area contributed by atoms with Crippen molar-refractivity contribution in [3.05, 3.63) is 11.4 Å². The number of thioether (sulfide) groups is 1. The molecule has 5 heteroatoms. The molecule has 3 N–H and O–H groups in total. The maximum Gasteiger partial charge on any atom is 0.134 e. The highest BCUT2D eigenvalue weighted by atomic mass is 32.2. The molecule has 96 valence electrons. The predicted molar refractivity (Wildman–Crippen MR) is 76.6 cm³/mol. The molecule has 1 aromatic heterocycles. The first-order chi connectivity index (χ1) is 8.15. The second-order valence-corrected chi connectivity index (χ2v) is 5.10. The molecule has 0 atom stereocenters. The third-order valence-corrected chi connectivity index (χ3v) is 3.31. The van der Waals surface area contributed by atoms with Gasteiger partial charge in [0, 0.05) is 12.1 Å². The van der Waals surface area contributed by atoms with E-state index in [9.17, 15) is 0 Å². The molecule has 1 aromatic rings. The van der Waals surface area contributed by atoms with E-state index in [1.165, 1.54) is 25.0 Å². The van der Waals surface area contributed by atoms with Gasteiger partial charge in [0.15, 0.2) is 0 Å². The Hall–Kier alpha value is -0.970. The van der Waals surface area contributed by atoms with Crippen molar-refractivity contribution in [2.24, 2.45) is 0 Å². The van der Waals surface area contributed by atoms with E-state index < -0.39 is 0 Å². The van der Waals surface area contributed by atoms with E-state index in [1.807, 2.05) is 25.6 Å². The third-order valence-electron chi connectivity index (χ3n) is 2.61. The number of anilines is 2. The number of rotatable bonds is 7. The van der Waals surface area contributed by atoms with Gasteiger partial charge in [0.1, 0.15) is 17.5 Å². The summed E-state index contributed by atoms with van der Waals surface area (Å²) >= 11 is 1.90. The maximum absolute atomic E-state index is 5.80. The van der Waals surface area contributed by atoms with Crippen LogP contribution in [0, 0.1) is 13.8 Å². The number of nitrogen functional groups attached to an aromatic ring is 1. The lowest BCUT2D eigenvalue weighted by molar-refractivity contribution is 0.747. The summed E-state index contributed by atoms with van der Waals surface area (Å²) in [6.07, 6.45) is 5.86. The van der Waals surface area contributed by atoms with E-state index in [0.717, 1.165) is 23.8 Å². The quantitative estimate of drug-likeness (QED) is 0.732. The molecule has 0 aliphatic heterocycles. The van der Waals surface area contributed by atoms with Crippen LogP contribution in [-0.4, -0.2) is 28.5 Å². The Bertz CT molecular complexity index is 355. The van der Waals surface area contributed by atoms with Crippen LogP contribution in [0.5, 0.6) is 0 Å². The van der Waals surface area contributed by atoms with E-state index in [1.54, 1.807) is 0 Å². The predicted octanol–water partition coefficient (Wildman–Crippen LogP) is 2.62. The summed E-state index contributed by atoms with van der Waals surface area (Å²) in [5.74, 6) is 3.42. The Kier molecular flexibility index (Phi) is 6.11. The third kappa shape index (κ3) is 4.81. The van der Waals surface area contributed by atoms with Crippen molar-refractivity contribution in [1.82, 2.24) is 9.97 Å². The fourth-order valence-electron chi connectivity index (χ4n) is 1.58. The fraction of sp³-hybridized carbons (Fsp3) is 0.667. The maximum atomic E-state index is 5.80. The Balaban J connectivity index is 2.36. The zero-order valence-corrected chi connectivity index (χ0v) is 11.7. The van der Waals surface area contributed by atoms with E-state index in [2.05, 4.69) is 21.5 Å². The van der Waals surface area contributed by atoms with Crippen LogP contribution in [-0.2, 0) is 0 Å². The van der Waals surface area contributed by atoms with Crippen LogP contribution in [0.1, 0.15) is 30.7 Å². The van der Waals surface area contributed by atoms with E-state index >= 15 is 0 Å². The minimum atomic E-state index is 0.572. The van der Waals surface area contributed by atoms with E-state index in [0.29, 0.717) is 5.82 Å². The van der Waals surface area contributed by atoms with Gasteiger partial charge < -0.3 is 11.1 Å². The zero-order valence-electron chi connectivity index (χ0n) is 10.9. The first kappa shape index (κ1) is 14.1. The Morgan fingerprint density at radius 1 is 1.18 bits per heavy atom. The highest BCUT2D eigenvalue weighted by Gasteiger charge is 2.05. The molecule has 1 heterocycles. The molecule has 0 saturated heterocycles. The average Bonchev–Trinajstić information content (AvgIpc) is 2.29. The largest absolute Gasteiger partial charge is 0.383 e. The molecule has 0 aromatic carbocycles. The van der Waals surface area contributed by atoms with Crippen LogP contribution in [0.4, 0.5) is 11.6 Å². The van der Waals surface area contributed by atoms with Crippen molar-refractivity contribution in [3.63, 3.8) is 0 Å². The van der Waals surface area contributed by atoms with Gasteiger partial charge in [-0.3, -0.25) is 0 Å². The van der Waals surface area contributed by atoms with Crippen molar-refractivity contribution in [2.75, 3.05) is 29.6 Å². The molecule has 0 amide bonds. The van der Waals surface area contributed by atoms with Crippen LogP contribution in [0.15, 0.2) is 0 Å². The minimum absolute atomic E-state index is 0.572. The standard InChI is InChI=1S/C12H22N4S/c1-9-11(13)15-10(2)16-12(9)14-7-5-4-6-8-17-3/h4-8H2,1-3H3,(H3,13,14,15,16). The molecule has 17 heavy (non-hydrogen) atoms. The molecular formula is C12H22N4S. The smallest absolute Gasteiger partial charge is 0.134 e. The molecule has 0 aliphatic rings. The summed E-state index contributed by atoms with van der Waals surface area (Å²) in [6.45, 7) is 4.76. The molecule has 0 spiro atoms. The van der Waals surface area contributed by atoms with E-state index in [4.69, 9.17) is 5.73 Å². The topological polar surface area (TPSA) is 63.8 Å². The molecule has 0 fully saturated rings. The summed E-state index contributed by atoms with van der Waals surface area (Å²) in [4.78, 5) is 8.49. The van der Waals surface area contributed by atoms with Crippen molar-refractivity contribution in [2.45, 2.75) is 33.1 Å². The van der Waals surface area contributed by atoms with Gasteiger partial charge in [-0.15, -0.1) is 0 Å². The lowest BCUT2D eigenvalue weighted by Crippen LogP contribution is -2.09. The molecule has 0 saturated carbocycles. The van der Waals surface area contributed by atoms with Crippen molar-refractivity contribution in [1.29, 1.82) is 0 Å². The Morgan fingerprint density at radius 2 is 1.94 bits per heavy atom. The average molecular weight is 254 g/mol. The van der Waals surface area contributed by atoms with Crippen LogP contribution in [0.2, 0.25) is 0 Å². The Morgan fingerprint density at radius 3 is 2.65 bits per heavy atom. The number of nitrogens with one attached hydrogen (secondary N) is 1. The molecule has 1 rings (SSSR count). The summed E-state index contributed by atoms with van der Waals surface area (Å²) < 4.78 is 0. The second kappa shape index (κ2) is 7.37. The van der Waals surface area contributed by atoms with Gasteiger partial charge in [-0.05, 0) is 38.7 Å². The van der Waals surface area contributed by atoms with Crippen molar-refractivity contribution >= 4 is 23.4 Å². The number of aromatic nitrogens is 2. The summed E-state index contributed by atoms with van der Waals surface area (Å²) in [5.41, 5.74) is 6.74. The monoisotopic (exact) mass is 254 g/mol. The zero-order chi connectivity index (χ0) is 12.7. The number of aryl methyl sites for hydroxylation is 1. The lowest BCUT2D eigenvalue weighted by atomic mass is 10.2. The number of hydrogen-bond acceptors (Lipinski definition) is 5. The molecule has 4 nitrogen and oxygen atoms in total. The fourth-order valence-corrected chi connectivity index (χ4v) is 2.07. The molecule has 0 aliphatic carbocycles. The molecule has 0 bridgehead atoms. The number of nitrogens with zero attached hydrogens (tertiary/aromatic N) is 2. The van der Waals surface area contributed by atoms with E-state index in [-0.39, 0.29) is 0 Å². The van der Waals surface area contributed by atoms with Crippen molar-refractivity contribution < 1.29 is 0 Å². The highest BCUT2D eigenvalue weighted by molar-refractivity contribution is 7.98. The van der Waals surface area contributed by atoms with Crippen LogP contribution in [0.25, 0.3) is 0 Å². The van der Waals surface area contributed by atoms with Gasteiger partial charge in [-0.25, -0.2) is 9.97 Å². The van der Waals surface area contributed by atoms with Gasteiger partial charge >= 0.3 is 0 Å². The highest BCUT2D eigenvalue weighted by Crippen LogP contribution is 2.16. The molecule has 0 unspecified atom stereocenters. The van der Waals surface area contributed by atoms with Crippen LogP contribution < -0.4 is 11.1 Å². The second-order valence-electron chi connectivity index (χ2n) is 4.11. The van der Waals surface area contributed by atoms with Crippen molar-refractivity contribution in [3.8, 4) is 0 Å². The summed E-state index contributed by atoms with van der Waals surface area (Å²) in [5, 5.41) is 3.33. The number of nitrogens with two attached hydrogens (primary N) is 1. The van der Waals surface area contributed by atoms with Gasteiger partial charge in [0.05, 0.1) is 0 Å². The van der Waals surface area contributed by atoms with Gasteiger partial charge in [-0.2, -0.15) is 11.8 Å². The number of hydrogen-bond donors (Lipinski definition) is 2. The SMILES string of the molecule is CSCCCCCNc1nc(C)nc(N)c1C. The van der Waals surface area contributed by atoms with Gasteiger partial charge in [0.2, 0.25) is 0 Å². The number of unbranched alkanes of at least 4 members (excludes halogenated alkanes) is 2. The Labute approximate surface area is 108 Å². The minimum Gasteiger partial charge on any atom is -0.383 e. The molecular weight excluding hydrogens is 232 g/mol. The first-order valence-corrected chi connectivity index (χ1v) is 7.38. The van der Waals surface area contributed by atoms with Gasteiger partial charge in [0.25, 0.3) is 0 Å².